The largest absolute Gasteiger partial charge is 0.480 e. The molecule has 0 unspecified atom stereocenters. The number of carbonyl (C=O) groups is 2. The van der Waals surface area contributed by atoms with Crippen molar-refractivity contribution in [3.63, 3.8) is 0 Å². The van der Waals surface area contributed by atoms with Gasteiger partial charge >= 0.3 is 11.9 Å². The summed E-state index contributed by atoms with van der Waals surface area (Å²) >= 11 is 0. The van der Waals surface area contributed by atoms with Gasteiger partial charge in [0.2, 0.25) is 0 Å². The van der Waals surface area contributed by atoms with Crippen molar-refractivity contribution >= 4 is 11.9 Å². The highest BCUT2D eigenvalue weighted by atomic mass is 16.4. The van der Waals surface area contributed by atoms with Gasteiger partial charge in [-0.2, -0.15) is 0 Å². The lowest BCUT2D eigenvalue weighted by atomic mass is 10.0. The molecule has 1 rings (SSSR count). The van der Waals surface area contributed by atoms with Crippen LogP contribution in [0.3, 0.4) is 0 Å². The first kappa shape index (κ1) is 10.2. The number of benzene rings is 1. The van der Waals surface area contributed by atoms with Gasteiger partial charge in [-0.05, 0) is 11.6 Å². The van der Waals surface area contributed by atoms with Gasteiger partial charge in [0.25, 0.3) is 0 Å². The van der Waals surface area contributed by atoms with E-state index in [4.69, 9.17) is 15.9 Å². The number of nitrogens with two attached hydrogens (primary N) is 1. The first-order chi connectivity index (χ1) is 6.54. The molecule has 1 atom stereocenters. The van der Waals surface area contributed by atoms with E-state index in [0.717, 1.165) is 0 Å². The zero-order valence-electron chi connectivity index (χ0n) is 7.18. The number of carboxylic acid groups (broad SMARTS) is 2. The molecule has 1 aromatic rings. The molecule has 0 saturated heterocycles. The Morgan fingerprint density at radius 1 is 1.21 bits per heavy atom. The molecule has 0 spiro atoms. The fourth-order valence-electron chi connectivity index (χ4n) is 1.10. The van der Waals surface area contributed by atoms with Gasteiger partial charge in [0.05, 0.1) is 5.56 Å². The van der Waals surface area contributed by atoms with Crippen LogP contribution in [-0.2, 0) is 4.79 Å². The summed E-state index contributed by atoms with van der Waals surface area (Å²) in [5.41, 5.74) is 5.34. The number of aliphatic carboxylic acids is 1. The van der Waals surface area contributed by atoms with Crippen LogP contribution in [-0.4, -0.2) is 22.2 Å². The standard InChI is InChI=1S/C9H9NO4/c10-7(9(13)14)5-3-1-2-4-6(5)8(11)12/h1-4,7H,10H2,(H,11,12)(H,13,14)/t7-/m1/s1. The van der Waals surface area contributed by atoms with Gasteiger partial charge in [0.15, 0.2) is 0 Å². The topological polar surface area (TPSA) is 101 Å². The van der Waals surface area contributed by atoms with E-state index in [9.17, 15) is 9.59 Å². The molecule has 0 fully saturated rings. The Kier molecular flexibility index (Phi) is 2.83. The van der Waals surface area contributed by atoms with Crippen molar-refractivity contribution in [3.05, 3.63) is 35.4 Å². The van der Waals surface area contributed by atoms with E-state index >= 15 is 0 Å². The van der Waals surface area contributed by atoms with E-state index in [0.29, 0.717) is 0 Å². The van der Waals surface area contributed by atoms with E-state index in [1.807, 2.05) is 0 Å². The Hall–Kier alpha value is -1.88. The minimum absolute atomic E-state index is 0.0811. The second kappa shape index (κ2) is 3.89. The third-order valence-corrected chi connectivity index (χ3v) is 1.79. The van der Waals surface area contributed by atoms with E-state index in [1.165, 1.54) is 18.2 Å². The average molecular weight is 195 g/mol. The molecule has 0 aliphatic rings. The normalized spacial score (nSPS) is 12.1. The number of aromatic carboxylic acids is 1. The monoisotopic (exact) mass is 195 g/mol. The predicted molar refractivity (Wildman–Crippen MR) is 48.0 cm³/mol. The summed E-state index contributed by atoms with van der Waals surface area (Å²) in [6.07, 6.45) is 0. The highest BCUT2D eigenvalue weighted by Gasteiger charge is 2.20. The van der Waals surface area contributed by atoms with Gasteiger partial charge in [-0.15, -0.1) is 0 Å². The van der Waals surface area contributed by atoms with E-state index in [-0.39, 0.29) is 11.1 Å². The molecule has 0 radical (unpaired) electrons. The second-order valence-corrected chi connectivity index (χ2v) is 2.71. The Morgan fingerprint density at radius 2 is 1.79 bits per heavy atom. The van der Waals surface area contributed by atoms with Crippen LogP contribution in [0, 0.1) is 0 Å². The maximum absolute atomic E-state index is 10.7. The molecular weight excluding hydrogens is 186 g/mol. The van der Waals surface area contributed by atoms with Crippen molar-refractivity contribution in [1.82, 2.24) is 0 Å². The van der Waals surface area contributed by atoms with Crippen molar-refractivity contribution in [3.8, 4) is 0 Å². The lowest BCUT2D eigenvalue weighted by molar-refractivity contribution is -0.138. The van der Waals surface area contributed by atoms with E-state index in [1.54, 1.807) is 6.07 Å². The molecule has 0 aliphatic carbocycles. The zero-order valence-corrected chi connectivity index (χ0v) is 7.18. The van der Waals surface area contributed by atoms with Crippen LogP contribution in [0.5, 0.6) is 0 Å². The molecule has 4 N–H and O–H groups in total. The summed E-state index contributed by atoms with van der Waals surface area (Å²) in [5, 5.41) is 17.4. The third-order valence-electron chi connectivity index (χ3n) is 1.79. The zero-order chi connectivity index (χ0) is 10.7. The Bertz CT molecular complexity index is 375. The fraction of sp³-hybridized carbons (Fsp3) is 0.111. The SMILES string of the molecule is N[C@@H](C(=O)O)c1ccccc1C(=O)O. The minimum atomic E-state index is -1.30. The van der Waals surface area contributed by atoms with Crippen LogP contribution in [0.1, 0.15) is 22.0 Å². The van der Waals surface area contributed by atoms with Gasteiger partial charge in [-0.25, -0.2) is 4.79 Å². The molecule has 0 amide bonds. The van der Waals surface area contributed by atoms with Crippen molar-refractivity contribution < 1.29 is 19.8 Å². The van der Waals surface area contributed by atoms with Crippen LogP contribution >= 0.6 is 0 Å². The van der Waals surface area contributed by atoms with Crippen molar-refractivity contribution in [2.75, 3.05) is 0 Å². The molecule has 5 nitrogen and oxygen atoms in total. The first-order valence-corrected chi connectivity index (χ1v) is 3.84. The van der Waals surface area contributed by atoms with Gasteiger partial charge < -0.3 is 15.9 Å². The van der Waals surface area contributed by atoms with Crippen LogP contribution in [0.15, 0.2) is 24.3 Å². The van der Waals surface area contributed by atoms with Crippen LogP contribution in [0.25, 0.3) is 0 Å². The highest BCUT2D eigenvalue weighted by molar-refractivity contribution is 5.91. The third kappa shape index (κ3) is 1.89. The average Bonchev–Trinajstić information content (AvgIpc) is 2.16. The molecule has 0 heterocycles. The Morgan fingerprint density at radius 3 is 2.29 bits per heavy atom. The van der Waals surface area contributed by atoms with Crippen LogP contribution in [0.4, 0.5) is 0 Å². The molecule has 0 aromatic heterocycles. The molecule has 14 heavy (non-hydrogen) atoms. The molecule has 0 bridgehead atoms. The lowest BCUT2D eigenvalue weighted by Crippen LogP contribution is -2.23. The minimum Gasteiger partial charge on any atom is -0.480 e. The quantitative estimate of drug-likeness (QED) is 0.650. The summed E-state index contributed by atoms with van der Waals surface area (Å²) in [6.45, 7) is 0. The summed E-state index contributed by atoms with van der Waals surface area (Å²) < 4.78 is 0. The maximum atomic E-state index is 10.7. The van der Waals surface area contributed by atoms with E-state index in [2.05, 4.69) is 0 Å². The summed E-state index contributed by atoms with van der Waals surface area (Å²) in [6, 6.07) is 4.47. The molecule has 74 valence electrons. The summed E-state index contributed by atoms with van der Waals surface area (Å²) in [7, 11) is 0. The summed E-state index contributed by atoms with van der Waals surface area (Å²) in [4.78, 5) is 21.3. The van der Waals surface area contributed by atoms with Crippen LogP contribution in [0.2, 0.25) is 0 Å². The number of carboxylic acids is 2. The molecule has 0 aliphatic heterocycles. The highest BCUT2D eigenvalue weighted by Crippen LogP contribution is 2.16. The molecule has 1 aromatic carbocycles. The van der Waals surface area contributed by atoms with Crippen molar-refractivity contribution in [2.45, 2.75) is 6.04 Å². The van der Waals surface area contributed by atoms with Gasteiger partial charge in [-0.1, -0.05) is 18.2 Å². The van der Waals surface area contributed by atoms with Crippen molar-refractivity contribution in [1.29, 1.82) is 0 Å². The first-order valence-electron chi connectivity index (χ1n) is 3.84. The van der Waals surface area contributed by atoms with Gasteiger partial charge in [0, 0.05) is 0 Å². The lowest BCUT2D eigenvalue weighted by Gasteiger charge is -2.09. The van der Waals surface area contributed by atoms with Crippen molar-refractivity contribution in [2.24, 2.45) is 5.73 Å². The fourth-order valence-corrected chi connectivity index (χ4v) is 1.10. The molecule has 0 saturated carbocycles. The Balaban J connectivity index is 3.19. The number of rotatable bonds is 3. The smallest absolute Gasteiger partial charge is 0.336 e. The number of hydrogen-bond acceptors (Lipinski definition) is 3. The Labute approximate surface area is 79.8 Å². The summed E-state index contributed by atoms with van der Waals surface area (Å²) in [5.74, 6) is -2.43. The molecular formula is C9H9NO4. The number of hydrogen-bond donors (Lipinski definition) is 3. The predicted octanol–water partition coefficient (Wildman–Crippen LogP) is 0.469. The maximum Gasteiger partial charge on any atom is 0.336 e. The second-order valence-electron chi connectivity index (χ2n) is 2.71. The van der Waals surface area contributed by atoms with Gasteiger partial charge in [-0.3, -0.25) is 4.79 Å². The van der Waals surface area contributed by atoms with Gasteiger partial charge in [0.1, 0.15) is 6.04 Å². The molecule has 5 heteroatoms. The van der Waals surface area contributed by atoms with E-state index < -0.39 is 18.0 Å². The van der Waals surface area contributed by atoms with Crippen LogP contribution < -0.4 is 5.73 Å².